The van der Waals surface area contributed by atoms with Gasteiger partial charge in [-0.3, -0.25) is 0 Å². The summed E-state index contributed by atoms with van der Waals surface area (Å²) in [6.45, 7) is 2.28. The van der Waals surface area contributed by atoms with E-state index in [0.717, 1.165) is 18.2 Å². The van der Waals surface area contributed by atoms with Gasteiger partial charge in [0.2, 0.25) is 0 Å². The molecule has 0 bridgehead atoms. The maximum atomic E-state index is 14.0. The topological polar surface area (TPSA) is 12.0 Å². The minimum atomic E-state index is -1.10. The monoisotopic (exact) mass is 297 g/mol. The fourth-order valence-corrected chi connectivity index (χ4v) is 2.19. The van der Waals surface area contributed by atoms with Crippen molar-refractivity contribution in [2.45, 2.75) is 19.4 Å². The van der Waals surface area contributed by atoms with Crippen LogP contribution in [0.2, 0.25) is 0 Å². The largest absolute Gasteiger partial charge is 0.306 e. The molecule has 2 aromatic carbocycles. The van der Waals surface area contributed by atoms with E-state index in [1.54, 1.807) is 0 Å². The lowest BCUT2D eigenvalue weighted by Crippen LogP contribution is -2.26. The van der Waals surface area contributed by atoms with E-state index in [-0.39, 0.29) is 11.1 Å². The first-order valence-electron chi connectivity index (χ1n) is 6.67. The smallest absolute Gasteiger partial charge is 0.163 e. The van der Waals surface area contributed by atoms with Gasteiger partial charge in [-0.25, -0.2) is 17.6 Å². The predicted octanol–water partition coefficient (Wildman–Crippen LogP) is 4.33. The molecule has 0 saturated heterocycles. The second kappa shape index (κ2) is 6.72. The standard InChI is InChI=1S/C16H15F4N/c1-2-9-21-16(10-5-3-8-13(19)15(10)20)14-11(17)6-4-7-12(14)18/h3-8,16,21H,2,9H2,1H3. The molecule has 5 heteroatoms. The molecule has 1 nitrogen and oxygen atoms in total. The quantitative estimate of drug-likeness (QED) is 0.810. The Labute approximate surface area is 120 Å². The molecular formula is C16H15F4N. The average Bonchev–Trinajstić information content (AvgIpc) is 2.45. The van der Waals surface area contributed by atoms with E-state index in [0.29, 0.717) is 13.0 Å². The molecule has 1 unspecified atom stereocenters. The Hall–Kier alpha value is -1.88. The summed E-state index contributed by atoms with van der Waals surface area (Å²) in [5, 5.41) is 2.87. The third-order valence-corrected chi connectivity index (χ3v) is 3.18. The number of halogens is 4. The first-order chi connectivity index (χ1) is 10.1. The first kappa shape index (κ1) is 15.5. The average molecular weight is 297 g/mol. The molecule has 2 aromatic rings. The lowest BCUT2D eigenvalue weighted by Gasteiger charge is -2.21. The third kappa shape index (κ3) is 3.24. The highest BCUT2D eigenvalue weighted by molar-refractivity contribution is 5.35. The van der Waals surface area contributed by atoms with Crippen LogP contribution in [0.1, 0.15) is 30.5 Å². The van der Waals surface area contributed by atoms with Crippen molar-refractivity contribution in [1.29, 1.82) is 0 Å². The summed E-state index contributed by atoms with van der Waals surface area (Å²) in [5.74, 6) is -3.75. The highest BCUT2D eigenvalue weighted by atomic mass is 19.2. The summed E-state index contributed by atoms with van der Waals surface area (Å²) in [5.41, 5.74) is -0.428. The van der Waals surface area contributed by atoms with Crippen molar-refractivity contribution in [3.63, 3.8) is 0 Å². The van der Waals surface area contributed by atoms with Gasteiger partial charge in [-0.15, -0.1) is 0 Å². The normalized spacial score (nSPS) is 12.4. The second-order valence-corrected chi connectivity index (χ2v) is 4.67. The van der Waals surface area contributed by atoms with Crippen molar-refractivity contribution in [3.8, 4) is 0 Å². The van der Waals surface area contributed by atoms with Crippen LogP contribution in [0, 0.1) is 23.3 Å². The van der Waals surface area contributed by atoms with Gasteiger partial charge in [0.1, 0.15) is 11.6 Å². The van der Waals surface area contributed by atoms with Crippen LogP contribution in [0.25, 0.3) is 0 Å². The van der Waals surface area contributed by atoms with Gasteiger partial charge in [0, 0.05) is 11.1 Å². The van der Waals surface area contributed by atoms with E-state index in [1.807, 2.05) is 6.92 Å². The molecule has 0 radical (unpaired) electrons. The lowest BCUT2D eigenvalue weighted by atomic mass is 9.96. The molecule has 0 fully saturated rings. The van der Waals surface area contributed by atoms with Crippen molar-refractivity contribution < 1.29 is 17.6 Å². The zero-order valence-electron chi connectivity index (χ0n) is 11.5. The summed E-state index contributed by atoms with van der Waals surface area (Å²) < 4.78 is 55.3. The van der Waals surface area contributed by atoms with Crippen LogP contribution in [0.3, 0.4) is 0 Å². The van der Waals surface area contributed by atoms with Gasteiger partial charge in [0.15, 0.2) is 11.6 Å². The molecule has 0 heterocycles. The van der Waals surface area contributed by atoms with E-state index in [1.165, 1.54) is 18.2 Å². The van der Waals surface area contributed by atoms with Crippen LogP contribution in [-0.2, 0) is 0 Å². The fraction of sp³-hybridized carbons (Fsp3) is 0.250. The maximum absolute atomic E-state index is 14.0. The Morgan fingerprint density at radius 2 is 1.48 bits per heavy atom. The van der Waals surface area contributed by atoms with Crippen LogP contribution in [0.5, 0.6) is 0 Å². The molecule has 0 spiro atoms. The Bertz CT molecular complexity index is 607. The van der Waals surface area contributed by atoms with Crippen molar-refractivity contribution in [3.05, 3.63) is 70.8 Å². The molecule has 1 atom stereocenters. The summed E-state index contributed by atoms with van der Waals surface area (Å²) in [4.78, 5) is 0. The zero-order chi connectivity index (χ0) is 15.4. The Morgan fingerprint density at radius 3 is 2.10 bits per heavy atom. The van der Waals surface area contributed by atoms with Crippen molar-refractivity contribution in [1.82, 2.24) is 5.32 Å². The maximum Gasteiger partial charge on any atom is 0.163 e. The molecule has 112 valence electrons. The van der Waals surface area contributed by atoms with E-state index < -0.39 is 29.3 Å². The van der Waals surface area contributed by atoms with Crippen LogP contribution < -0.4 is 5.32 Å². The van der Waals surface area contributed by atoms with Crippen LogP contribution in [-0.4, -0.2) is 6.54 Å². The number of hydrogen-bond donors (Lipinski definition) is 1. The predicted molar refractivity (Wildman–Crippen MR) is 72.9 cm³/mol. The molecule has 0 saturated carbocycles. The molecule has 0 aliphatic carbocycles. The number of hydrogen-bond acceptors (Lipinski definition) is 1. The molecule has 0 aliphatic heterocycles. The Kier molecular flexibility index (Phi) is 4.96. The van der Waals surface area contributed by atoms with Gasteiger partial charge in [-0.1, -0.05) is 25.1 Å². The third-order valence-electron chi connectivity index (χ3n) is 3.18. The highest BCUT2D eigenvalue weighted by Gasteiger charge is 2.25. The number of nitrogens with one attached hydrogen (secondary N) is 1. The van der Waals surface area contributed by atoms with Gasteiger partial charge < -0.3 is 5.32 Å². The fourth-order valence-electron chi connectivity index (χ4n) is 2.19. The zero-order valence-corrected chi connectivity index (χ0v) is 11.5. The van der Waals surface area contributed by atoms with Gasteiger partial charge >= 0.3 is 0 Å². The molecular weight excluding hydrogens is 282 g/mol. The molecule has 0 aliphatic rings. The van der Waals surface area contributed by atoms with Gasteiger partial charge in [0.25, 0.3) is 0 Å². The summed E-state index contributed by atoms with van der Waals surface area (Å²) >= 11 is 0. The van der Waals surface area contributed by atoms with Crippen LogP contribution in [0.15, 0.2) is 36.4 Å². The summed E-state index contributed by atoms with van der Waals surface area (Å²) in [7, 11) is 0. The van der Waals surface area contributed by atoms with Gasteiger partial charge in [-0.05, 0) is 31.2 Å². The lowest BCUT2D eigenvalue weighted by molar-refractivity contribution is 0.461. The van der Waals surface area contributed by atoms with Crippen molar-refractivity contribution in [2.75, 3.05) is 6.54 Å². The Balaban J connectivity index is 2.55. The highest BCUT2D eigenvalue weighted by Crippen LogP contribution is 2.29. The molecule has 21 heavy (non-hydrogen) atoms. The summed E-state index contributed by atoms with van der Waals surface area (Å²) in [6.07, 6.45) is 0.684. The van der Waals surface area contributed by atoms with Gasteiger partial charge in [-0.2, -0.15) is 0 Å². The second-order valence-electron chi connectivity index (χ2n) is 4.67. The minimum Gasteiger partial charge on any atom is -0.306 e. The molecule has 1 N–H and O–H groups in total. The van der Waals surface area contributed by atoms with Crippen LogP contribution in [0.4, 0.5) is 17.6 Å². The van der Waals surface area contributed by atoms with E-state index in [4.69, 9.17) is 0 Å². The summed E-state index contributed by atoms with van der Waals surface area (Å²) in [6, 6.07) is 5.93. The molecule has 0 aromatic heterocycles. The van der Waals surface area contributed by atoms with Crippen molar-refractivity contribution >= 4 is 0 Å². The van der Waals surface area contributed by atoms with E-state index >= 15 is 0 Å². The van der Waals surface area contributed by atoms with Crippen molar-refractivity contribution in [2.24, 2.45) is 0 Å². The first-order valence-corrected chi connectivity index (χ1v) is 6.67. The molecule has 2 rings (SSSR count). The van der Waals surface area contributed by atoms with E-state index in [9.17, 15) is 17.6 Å². The van der Waals surface area contributed by atoms with Crippen LogP contribution >= 0.6 is 0 Å². The molecule has 0 amide bonds. The SMILES string of the molecule is CCCNC(c1cccc(F)c1F)c1c(F)cccc1F. The number of benzene rings is 2. The van der Waals surface area contributed by atoms with Gasteiger partial charge in [0.05, 0.1) is 6.04 Å². The minimum absolute atomic E-state index is 0.118. The Morgan fingerprint density at radius 1 is 0.905 bits per heavy atom. The number of rotatable bonds is 5. The van der Waals surface area contributed by atoms with E-state index in [2.05, 4.69) is 5.32 Å².